The van der Waals surface area contributed by atoms with Gasteiger partial charge < -0.3 is 19.9 Å². The van der Waals surface area contributed by atoms with E-state index in [0.29, 0.717) is 36.4 Å². The first-order chi connectivity index (χ1) is 9.56. The first-order valence-corrected chi connectivity index (χ1v) is 6.48. The molecule has 6 nitrogen and oxygen atoms in total. The van der Waals surface area contributed by atoms with Crippen LogP contribution in [0.2, 0.25) is 0 Å². The van der Waals surface area contributed by atoms with Gasteiger partial charge in [-0.3, -0.25) is 9.59 Å². The molecule has 0 fully saturated rings. The van der Waals surface area contributed by atoms with Crippen LogP contribution in [0.25, 0.3) is 0 Å². The number of amides is 1. The molecular weight excluding hydrogens is 262 g/mol. The van der Waals surface area contributed by atoms with Gasteiger partial charge in [-0.15, -0.1) is 0 Å². The van der Waals surface area contributed by atoms with Crippen molar-refractivity contribution in [1.82, 2.24) is 0 Å². The number of hydrogen-bond donors (Lipinski definition) is 2. The molecule has 0 spiro atoms. The molecule has 0 aliphatic carbocycles. The zero-order valence-electron chi connectivity index (χ0n) is 11.3. The first-order valence-electron chi connectivity index (χ1n) is 6.48. The van der Waals surface area contributed by atoms with E-state index >= 15 is 0 Å². The van der Waals surface area contributed by atoms with Crippen molar-refractivity contribution in [1.29, 1.82) is 0 Å². The van der Waals surface area contributed by atoms with E-state index in [-0.39, 0.29) is 19.1 Å². The van der Waals surface area contributed by atoms with Gasteiger partial charge in [0.25, 0.3) is 0 Å². The standard InChI is InChI=1S/C14H17NO5/c1-9-6-11-12(20-8-19-11)7-10(9)15-13(16)4-2-3-5-14(17)18/h6-7H,2-5,8H2,1H3,(H,15,16)(H,17,18). The van der Waals surface area contributed by atoms with Crippen LogP contribution in [-0.4, -0.2) is 23.8 Å². The second-order valence-corrected chi connectivity index (χ2v) is 4.67. The van der Waals surface area contributed by atoms with Crippen LogP contribution in [0.4, 0.5) is 5.69 Å². The van der Waals surface area contributed by atoms with E-state index in [1.165, 1.54) is 0 Å². The second kappa shape index (κ2) is 6.27. The van der Waals surface area contributed by atoms with E-state index < -0.39 is 5.97 Å². The third kappa shape index (κ3) is 3.63. The summed E-state index contributed by atoms with van der Waals surface area (Å²) in [7, 11) is 0. The lowest BCUT2D eigenvalue weighted by molar-refractivity contribution is -0.137. The Morgan fingerprint density at radius 3 is 2.55 bits per heavy atom. The van der Waals surface area contributed by atoms with E-state index in [9.17, 15) is 9.59 Å². The van der Waals surface area contributed by atoms with Crippen molar-refractivity contribution >= 4 is 17.6 Å². The Morgan fingerprint density at radius 1 is 1.20 bits per heavy atom. The summed E-state index contributed by atoms with van der Waals surface area (Å²) in [6, 6.07) is 3.56. The van der Waals surface area contributed by atoms with Crippen molar-refractivity contribution in [3.8, 4) is 11.5 Å². The summed E-state index contributed by atoms with van der Waals surface area (Å²) in [5.74, 6) is 0.341. The summed E-state index contributed by atoms with van der Waals surface area (Å²) in [4.78, 5) is 22.1. The smallest absolute Gasteiger partial charge is 0.303 e. The number of unbranched alkanes of at least 4 members (excludes halogenated alkanes) is 1. The largest absolute Gasteiger partial charge is 0.481 e. The van der Waals surface area contributed by atoms with E-state index in [0.717, 1.165) is 5.56 Å². The Bertz CT molecular complexity index is 527. The number of carboxylic acids is 1. The molecular formula is C14H17NO5. The van der Waals surface area contributed by atoms with Gasteiger partial charge in [-0.25, -0.2) is 0 Å². The highest BCUT2D eigenvalue weighted by atomic mass is 16.7. The number of ether oxygens (including phenoxy) is 2. The van der Waals surface area contributed by atoms with Crippen LogP contribution < -0.4 is 14.8 Å². The third-order valence-electron chi connectivity index (χ3n) is 3.04. The number of benzene rings is 1. The maximum Gasteiger partial charge on any atom is 0.303 e. The number of aliphatic carboxylic acids is 1. The quantitative estimate of drug-likeness (QED) is 0.780. The average Bonchev–Trinajstić information content (AvgIpc) is 2.82. The van der Waals surface area contributed by atoms with Gasteiger partial charge in [0.1, 0.15) is 0 Å². The lowest BCUT2D eigenvalue weighted by Crippen LogP contribution is -2.12. The SMILES string of the molecule is Cc1cc2c(cc1NC(=O)CCCCC(=O)O)OCO2. The second-order valence-electron chi connectivity index (χ2n) is 4.67. The fraction of sp³-hybridized carbons (Fsp3) is 0.429. The monoisotopic (exact) mass is 279 g/mol. The van der Waals surface area contributed by atoms with Gasteiger partial charge in [0.15, 0.2) is 11.5 Å². The molecule has 1 aliphatic rings. The molecule has 1 aliphatic heterocycles. The maximum absolute atomic E-state index is 11.8. The zero-order chi connectivity index (χ0) is 14.5. The minimum absolute atomic E-state index is 0.0936. The molecule has 2 N–H and O–H groups in total. The van der Waals surface area contributed by atoms with Gasteiger partial charge >= 0.3 is 5.97 Å². The topological polar surface area (TPSA) is 84.9 Å². The average molecular weight is 279 g/mol. The van der Waals surface area contributed by atoms with Crippen LogP contribution in [0.1, 0.15) is 31.2 Å². The van der Waals surface area contributed by atoms with Gasteiger partial charge in [-0.05, 0) is 31.4 Å². The van der Waals surface area contributed by atoms with Crippen molar-refractivity contribution in [3.63, 3.8) is 0 Å². The molecule has 2 rings (SSSR count). The Hall–Kier alpha value is -2.24. The number of nitrogens with one attached hydrogen (secondary N) is 1. The predicted octanol–water partition coefficient (Wildman–Crippen LogP) is 2.31. The Labute approximate surface area is 116 Å². The summed E-state index contributed by atoms with van der Waals surface area (Å²) >= 11 is 0. The molecule has 0 radical (unpaired) electrons. The number of fused-ring (bicyclic) bond motifs is 1. The van der Waals surface area contributed by atoms with Crippen molar-refractivity contribution < 1.29 is 24.2 Å². The van der Waals surface area contributed by atoms with Gasteiger partial charge in [-0.1, -0.05) is 0 Å². The maximum atomic E-state index is 11.8. The molecule has 6 heteroatoms. The Morgan fingerprint density at radius 2 is 1.85 bits per heavy atom. The van der Waals surface area contributed by atoms with Crippen LogP contribution in [0.3, 0.4) is 0 Å². The Balaban J connectivity index is 1.86. The van der Waals surface area contributed by atoms with Crippen molar-refractivity contribution in [2.24, 2.45) is 0 Å². The summed E-state index contributed by atoms with van der Waals surface area (Å²) < 4.78 is 10.5. The van der Waals surface area contributed by atoms with Gasteiger partial charge in [0.05, 0.1) is 0 Å². The number of aryl methyl sites for hydroxylation is 1. The first kappa shape index (κ1) is 14.2. The van der Waals surface area contributed by atoms with Crippen LogP contribution in [0.15, 0.2) is 12.1 Å². The van der Waals surface area contributed by atoms with Gasteiger partial charge in [0.2, 0.25) is 12.7 Å². The molecule has 20 heavy (non-hydrogen) atoms. The predicted molar refractivity (Wildman–Crippen MR) is 72.0 cm³/mol. The summed E-state index contributed by atoms with van der Waals surface area (Å²) in [6.07, 6.45) is 1.46. The number of carboxylic acid groups (broad SMARTS) is 1. The molecule has 108 valence electrons. The number of carbonyl (C=O) groups excluding carboxylic acids is 1. The summed E-state index contributed by atoms with van der Waals surface area (Å²) in [5, 5.41) is 11.3. The van der Waals surface area contributed by atoms with Crippen LogP contribution in [0, 0.1) is 6.92 Å². The fourth-order valence-corrected chi connectivity index (χ4v) is 1.95. The third-order valence-corrected chi connectivity index (χ3v) is 3.04. The van der Waals surface area contributed by atoms with E-state index in [1.54, 1.807) is 6.07 Å². The zero-order valence-corrected chi connectivity index (χ0v) is 11.3. The molecule has 0 atom stereocenters. The van der Waals surface area contributed by atoms with E-state index in [1.807, 2.05) is 13.0 Å². The number of anilines is 1. The van der Waals surface area contributed by atoms with Crippen LogP contribution in [0.5, 0.6) is 11.5 Å². The van der Waals surface area contributed by atoms with Gasteiger partial charge in [0, 0.05) is 24.6 Å². The molecule has 0 aromatic heterocycles. The highest BCUT2D eigenvalue weighted by molar-refractivity contribution is 5.92. The minimum Gasteiger partial charge on any atom is -0.481 e. The molecule has 0 saturated heterocycles. The molecule has 0 bridgehead atoms. The normalized spacial score (nSPS) is 12.2. The lowest BCUT2D eigenvalue weighted by atomic mass is 10.1. The van der Waals surface area contributed by atoms with Gasteiger partial charge in [-0.2, -0.15) is 0 Å². The molecule has 1 aromatic rings. The van der Waals surface area contributed by atoms with E-state index in [2.05, 4.69) is 5.32 Å². The van der Waals surface area contributed by atoms with E-state index in [4.69, 9.17) is 14.6 Å². The summed E-state index contributed by atoms with van der Waals surface area (Å²) in [5.41, 5.74) is 1.59. The molecule has 1 amide bonds. The number of rotatable bonds is 6. The summed E-state index contributed by atoms with van der Waals surface area (Å²) in [6.45, 7) is 2.07. The highest BCUT2D eigenvalue weighted by Crippen LogP contribution is 2.36. The highest BCUT2D eigenvalue weighted by Gasteiger charge is 2.16. The van der Waals surface area contributed by atoms with Crippen molar-refractivity contribution in [3.05, 3.63) is 17.7 Å². The van der Waals surface area contributed by atoms with Crippen LogP contribution >= 0.6 is 0 Å². The molecule has 1 aromatic carbocycles. The number of carbonyl (C=O) groups is 2. The minimum atomic E-state index is -0.836. The fourth-order valence-electron chi connectivity index (χ4n) is 1.95. The molecule has 0 unspecified atom stereocenters. The van der Waals surface area contributed by atoms with Crippen molar-refractivity contribution in [2.45, 2.75) is 32.6 Å². The Kier molecular flexibility index (Phi) is 4.45. The van der Waals surface area contributed by atoms with Crippen molar-refractivity contribution in [2.75, 3.05) is 12.1 Å². The number of hydrogen-bond acceptors (Lipinski definition) is 4. The van der Waals surface area contributed by atoms with Crippen LogP contribution in [-0.2, 0) is 9.59 Å². The molecule has 1 heterocycles. The molecule has 0 saturated carbocycles. The lowest BCUT2D eigenvalue weighted by Gasteiger charge is -2.09.